The highest BCUT2D eigenvalue weighted by atomic mass is 14.3. The van der Waals surface area contributed by atoms with Crippen molar-refractivity contribution < 1.29 is 0 Å². The fourth-order valence-electron chi connectivity index (χ4n) is 2.74. The van der Waals surface area contributed by atoms with Crippen LogP contribution in [0.4, 0.5) is 0 Å². The maximum Gasteiger partial charge on any atom is 0.0631 e. The lowest BCUT2D eigenvalue weighted by Crippen LogP contribution is -2.01. The van der Waals surface area contributed by atoms with E-state index in [9.17, 15) is 5.26 Å². The number of fused-ring (bicyclic) bond motifs is 1. The van der Waals surface area contributed by atoms with Crippen LogP contribution in [0.5, 0.6) is 0 Å². The summed E-state index contributed by atoms with van der Waals surface area (Å²) in [5, 5.41) is 11.6. The van der Waals surface area contributed by atoms with Gasteiger partial charge in [-0.25, -0.2) is 0 Å². The molecule has 96 valence electrons. The molecule has 0 spiro atoms. The molecular formula is C19H15N. The van der Waals surface area contributed by atoms with Gasteiger partial charge in [0, 0.05) is 12.3 Å². The predicted molar refractivity (Wildman–Crippen MR) is 82.5 cm³/mol. The van der Waals surface area contributed by atoms with E-state index < -0.39 is 0 Å². The molecule has 1 nitrogen and oxygen atoms in total. The Morgan fingerprint density at radius 1 is 0.800 bits per heavy atom. The largest absolute Gasteiger partial charge is 0.198 e. The highest BCUT2D eigenvalue weighted by molar-refractivity contribution is 5.86. The molecule has 0 N–H and O–H groups in total. The average Bonchev–Trinajstić information content (AvgIpc) is 2.53. The number of rotatable bonds is 3. The van der Waals surface area contributed by atoms with Crippen LogP contribution >= 0.6 is 0 Å². The number of hydrogen-bond donors (Lipinski definition) is 0. The molecule has 0 saturated heterocycles. The fourth-order valence-corrected chi connectivity index (χ4v) is 2.74. The second kappa shape index (κ2) is 5.59. The summed E-state index contributed by atoms with van der Waals surface area (Å²) in [5.41, 5.74) is 2.43. The van der Waals surface area contributed by atoms with E-state index in [0.29, 0.717) is 6.42 Å². The molecular weight excluding hydrogens is 242 g/mol. The van der Waals surface area contributed by atoms with Crippen molar-refractivity contribution in [1.29, 1.82) is 5.26 Å². The zero-order valence-corrected chi connectivity index (χ0v) is 11.2. The summed E-state index contributed by atoms with van der Waals surface area (Å²) < 4.78 is 0. The van der Waals surface area contributed by atoms with Crippen LogP contribution < -0.4 is 0 Å². The van der Waals surface area contributed by atoms with E-state index in [2.05, 4.69) is 54.6 Å². The van der Waals surface area contributed by atoms with Gasteiger partial charge in [0.15, 0.2) is 0 Å². The minimum atomic E-state index is 0.132. The smallest absolute Gasteiger partial charge is 0.0631 e. The van der Waals surface area contributed by atoms with E-state index in [1.807, 2.05) is 24.3 Å². The number of benzene rings is 3. The standard InChI is InChI=1S/C19H15N/c20-14-13-18(15-7-2-1-3-8-15)19-12-6-10-16-9-4-5-11-17(16)19/h1-12,18H,13H2/t18-/m1/s1. The minimum Gasteiger partial charge on any atom is -0.198 e. The third kappa shape index (κ3) is 2.29. The van der Waals surface area contributed by atoms with Crippen molar-refractivity contribution >= 4 is 10.8 Å². The van der Waals surface area contributed by atoms with Gasteiger partial charge >= 0.3 is 0 Å². The van der Waals surface area contributed by atoms with Gasteiger partial charge in [-0.05, 0) is 21.9 Å². The summed E-state index contributed by atoms with van der Waals surface area (Å²) in [6.07, 6.45) is 0.498. The molecule has 0 aliphatic rings. The van der Waals surface area contributed by atoms with Crippen LogP contribution in [-0.4, -0.2) is 0 Å². The van der Waals surface area contributed by atoms with Crippen molar-refractivity contribution in [1.82, 2.24) is 0 Å². The Morgan fingerprint density at radius 2 is 1.50 bits per heavy atom. The topological polar surface area (TPSA) is 23.8 Å². The summed E-state index contributed by atoms with van der Waals surface area (Å²) >= 11 is 0. The first-order valence-corrected chi connectivity index (χ1v) is 6.79. The van der Waals surface area contributed by atoms with Crippen LogP contribution in [0.25, 0.3) is 10.8 Å². The quantitative estimate of drug-likeness (QED) is 0.655. The molecule has 1 heteroatoms. The van der Waals surface area contributed by atoms with Gasteiger partial charge in [-0.3, -0.25) is 0 Å². The van der Waals surface area contributed by atoms with Crippen molar-refractivity contribution in [3.63, 3.8) is 0 Å². The van der Waals surface area contributed by atoms with Gasteiger partial charge in [-0.2, -0.15) is 5.26 Å². The van der Waals surface area contributed by atoms with Crippen LogP contribution in [0.15, 0.2) is 72.8 Å². The van der Waals surface area contributed by atoms with Crippen molar-refractivity contribution in [3.05, 3.63) is 83.9 Å². The van der Waals surface area contributed by atoms with Gasteiger partial charge in [0.1, 0.15) is 0 Å². The molecule has 0 radical (unpaired) electrons. The summed E-state index contributed by atoms with van der Waals surface area (Å²) in [6.45, 7) is 0. The molecule has 0 aliphatic carbocycles. The monoisotopic (exact) mass is 257 g/mol. The first-order chi connectivity index (χ1) is 9.90. The normalized spacial score (nSPS) is 11.9. The third-order valence-electron chi connectivity index (χ3n) is 3.70. The summed E-state index contributed by atoms with van der Waals surface area (Å²) in [4.78, 5) is 0. The molecule has 0 heterocycles. The van der Waals surface area contributed by atoms with Crippen LogP contribution in [0.3, 0.4) is 0 Å². The lowest BCUT2D eigenvalue weighted by atomic mass is 9.86. The van der Waals surface area contributed by atoms with Gasteiger partial charge < -0.3 is 0 Å². The number of nitrogens with zero attached hydrogens (tertiary/aromatic N) is 1. The minimum absolute atomic E-state index is 0.132. The third-order valence-corrected chi connectivity index (χ3v) is 3.70. The second-order valence-corrected chi connectivity index (χ2v) is 4.89. The first-order valence-electron chi connectivity index (χ1n) is 6.79. The van der Waals surface area contributed by atoms with Gasteiger partial charge in [-0.1, -0.05) is 72.8 Å². The van der Waals surface area contributed by atoms with Crippen molar-refractivity contribution in [2.75, 3.05) is 0 Å². The molecule has 0 unspecified atom stereocenters. The molecule has 3 rings (SSSR count). The summed E-state index contributed by atoms with van der Waals surface area (Å²) in [5.74, 6) is 0.132. The van der Waals surface area contributed by atoms with Crippen molar-refractivity contribution in [2.24, 2.45) is 0 Å². The lowest BCUT2D eigenvalue weighted by Gasteiger charge is -2.17. The Hall–Kier alpha value is -2.59. The highest BCUT2D eigenvalue weighted by Crippen LogP contribution is 2.32. The van der Waals surface area contributed by atoms with Crippen LogP contribution in [0.2, 0.25) is 0 Å². The van der Waals surface area contributed by atoms with Gasteiger partial charge in [0.2, 0.25) is 0 Å². The number of nitriles is 1. The highest BCUT2D eigenvalue weighted by Gasteiger charge is 2.15. The molecule has 20 heavy (non-hydrogen) atoms. The van der Waals surface area contributed by atoms with Crippen molar-refractivity contribution in [2.45, 2.75) is 12.3 Å². The number of hydrogen-bond acceptors (Lipinski definition) is 1. The Kier molecular flexibility index (Phi) is 3.48. The zero-order chi connectivity index (χ0) is 13.8. The van der Waals surface area contributed by atoms with E-state index in [4.69, 9.17) is 0 Å². The molecule has 1 atom stereocenters. The molecule has 0 aromatic heterocycles. The van der Waals surface area contributed by atoms with E-state index in [1.165, 1.54) is 21.9 Å². The summed E-state index contributed by atoms with van der Waals surface area (Å²) in [6, 6.07) is 27.3. The fraction of sp³-hybridized carbons (Fsp3) is 0.105. The van der Waals surface area contributed by atoms with E-state index >= 15 is 0 Å². The maximum atomic E-state index is 9.18. The second-order valence-electron chi connectivity index (χ2n) is 4.89. The molecule has 0 amide bonds. The molecule has 0 saturated carbocycles. The average molecular weight is 257 g/mol. The van der Waals surface area contributed by atoms with Crippen LogP contribution in [-0.2, 0) is 0 Å². The van der Waals surface area contributed by atoms with E-state index in [1.54, 1.807) is 0 Å². The maximum absolute atomic E-state index is 9.18. The van der Waals surface area contributed by atoms with Crippen molar-refractivity contribution in [3.8, 4) is 6.07 Å². The molecule has 3 aromatic carbocycles. The predicted octanol–water partition coefficient (Wildman–Crippen LogP) is 4.89. The SMILES string of the molecule is N#CC[C@H](c1ccccc1)c1cccc2ccccc12. The Labute approximate surface area is 119 Å². The Bertz CT molecular complexity index is 748. The molecule has 0 aliphatic heterocycles. The molecule has 0 fully saturated rings. The zero-order valence-electron chi connectivity index (χ0n) is 11.2. The van der Waals surface area contributed by atoms with Crippen LogP contribution in [0, 0.1) is 11.3 Å². The van der Waals surface area contributed by atoms with E-state index in [0.717, 1.165) is 0 Å². The Balaban J connectivity index is 2.18. The molecule has 0 bridgehead atoms. The van der Waals surface area contributed by atoms with Gasteiger partial charge in [-0.15, -0.1) is 0 Å². The lowest BCUT2D eigenvalue weighted by molar-refractivity contribution is 0.846. The van der Waals surface area contributed by atoms with Crippen LogP contribution in [0.1, 0.15) is 23.5 Å². The first kappa shape index (κ1) is 12.4. The summed E-state index contributed by atoms with van der Waals surface area (Å²) in [7, 11) is 0. The van der Waals surface area contributed by atoms with E-state index in [-0.39, 0.29) is 5.92 Å². The van der Waals surface area contributed by atoms with Gasteiger partial charge in [0.25, 0.3) is 0 Å². The van der Waals surface area contributed by atoms with Gasteiger partial charge in [0.05, 0.1) is 6.07 Å². The molecule has 3 aromatic rings. The Morgan fingerprint density at radius 3 is 2.30 bits per heavy atom.